The minimum Gasteiger partial charge on any atom is -0.338 e. The summed E-state index contributed by atoms with van der Waals surface area (Å²) in [6.07, 6.45) is 6.15. The number of anilines is 1. The van der Waals surface area contributed by atoms with Crippen LogP contribution in [0.3, 0.4) is 0 Å². The van der Waals surface area contributed by atoms with E-state index in [-0.39, 0.29) is 17.6 Å². The fourth-order valence-electron chi connectivity index (χ4n) is 5.46. The van der Waals surface area contributed by atoms with Crippen molar-refractivity contribution in [2.75, 3.05) is 18.0 Å². The number of nitrogens with zero attached hydrogens (tertiary/aromatic N) is 3. The quantitative estimate of drug-likeness (QED) is 0.699. The normalized spacial score (nSPS) is 21.8. The Balaban J connectivity index is 1.48. The van der Waals surface area contributed by atoms with Crippen LogP contribution in [0.25, 0.3) is 0 Å². The number of piperidine rings is 1. The van der Waals surface area contributed by atoms with Crippen LogP contribution in [-0.4, -0.2) is 47.3 Å². The van der Waals surface area contributed by atoms with Crippen LogP contribution in [-0.2, 0) is 0 Å². The second kappa shape index (κ2) is 9.16. The van der Waals surface area contributed by atoms with E-state index in [1.807, 2.05) is 18.2 Å². The first kappa shape index (κ1) is 22.5. The van der Waals surface area contributed by atoms with Crippen LogP contribution in [0, 0.1) is 11.6 Å². The maximum absolute atomic E-state index is 14.1. The number of benzene rings is 2. The van der Waals surface area contributed by atoms with Crippen LogP contribution in [0.4, 0.5) is 19.3 Å². The number of likely N-dealkylation sites (tertiary alicyclic amines) is 1. The first-order valence-corrected chi connectivity index (χ1v) is 12.0. The minimum atomic E-state index is -0.873. The van der Waals surface area contributed by atoms with Gasteiger partial charge in [0.2, 0.25) is 0 Å². The van der Waals surface area contributed by atoms with Crippen molar-refractivity contribution in [3.8, 4) is 0 Å². The lowest BCUT2D eigenvalue weighted by Gasteiger charge is -2.43. The number of hydrogen-bond donors (Lipinski definition) is 1. The van der Waals surface area contributed by atoms with Crippen molar-refractivity contribution < 1.29 is 18.4 Å². The van der Waals surface area contributed by atoms with E-state index in [0.29, 0.717) is 37.3 Å². The number of carbonyl (C=O) groups is 2. The lowest BCUT2D eigenvalue weighted by molar-refractivity contribution is 0.0700. The Bertz CT molecular complexity index is 1090. The Hall–Kier alpha value is -3.29. The highest BCUT2D eigenvalue weighted by Gasteiger charge is 2.53. The summed E-state index contributed by atoms with van der Waals surface area (Å²) in [7, 11) is 0. The zero-order chi connectivity index (χ0) is 23.7. The number of aliphatic imine (C=N–C) groups is 1. The van der Waals surface area contributed by atoms with Crippen molar-refractivity contribution in [1.29, 1.82) is 0 Å². The van der Waals surface area contributed by atoms with Gasteiger partial charge in [-0.2, -0.15) is 0 Å². The van der Waals surface area contributed by atoms with Crippen LogP contribution < -0.4 is 10.2 Å². The molecular weight excluding hydrogens is 438 g/mol. The van der Waals surface area contributed by atoms with E-state index in [9.17, 15) is 18.4 Å². The number of amidine groups is 1. The van der Waals surface area contributed by atoms with Crippen molar-refractivity contribution in [2.24, 2.45) is 4.99 Å². The zero-order valence-electron chi connectivity index (χ0n) is 19.0. The van der Waals surface area contributed by atoms with Crippen LogP contribution in [0.1, 0.15) is 55.3 Å². The summed E-state index contributed by atoms with van der Waals surface area (Å²) in [6, 6.07) is 11.9. The number of hydrogen-bond acceptors (Lipinski definition) is 3. The molecule has 3 fully saturated rings. The first-order valence-electron chi connectivity index (χ1n) is 12.0. The second-order valence-corrected chi connectivity index (χ2v) is 9.35. The first-order chi connectivity index (χ1) is 16.5. The number of rotatable bonds is 3. The van der Waals surface area contributed by atoms with Gasteiger partial charge in [-0.25, -0.2) is 13.6 Å². The van der Waals surface area contributed by atoms with E-state index < -0.39 is 23.2 Å². The van der Waals surface area contributed by atoms with Crippen molar-refractivity contribution in [1.82, 2.24) is 10.2 Å². The van der Waals surface area contributed by atoms with Crippen molar-refractivity contribution in [3.63, 3.8) is 0 Å². The average Bonchev–Trinajstić information content (AvgIpc) is 3.09. The number of halogens is 2. The lowest BCUT2D eigenvalue weighted by atomic mass is 9.84. The molecule has 0 unspecified atom stereocenters. The largest absolute Gasteiger partial charge is 0.338 e. The minimum absolute atomic E-state index is 0.0677. The van der Waals surface area contributed by atoms with E-state index in [0.717, 1.165) is 31.7 Å². The molecule has 0 radical (unpaired) electrons. The fraction of sp³-hybridized carbons (Fsp3) is 0.423. The predicted octanol–water partition coefficient (Wildman–Crippen LogP) is 4.90. The summed E-state index contributed by atoms with van der Waals surface area (Å²) in [5.41, 5.74) is -0.103. The van der Waals surface area contributed by atoms with Gasteiger partial charge in [-0.05, 0) is 49.9 Å². The molecule has 34 heavy (non-hydrogen) atoms. The van der Waals surface area contributed by atoms with Gasteiger partial charge in [-0.3, -0.25) is 20.0 Å². The third-order valence-corrected chi connectivity index (χ3v) is 7.19. The number of carbonyl (C=O) groups excluding carboxylic acids is 2. The van der Waals surface area contributed by atoms with Gasteiger partial charge in [0.15, 0.2) is 0 Å². The van der Waals surface area contributed by atoms with Crippen LogP contribution in [0.2, 0.25) is 0 Å². The molecule has 1 spiro atoms. The molecule has 0 bridgehead atoms. The van der Waals surface area contributed by atoms with E-state index in [1.54, 1.807) is 17.0 Å². The molecule has 1 aliphatic carbocycles. The molecule has 2 aliphatic heterocycles. The monoisotopic (exact) mass is 466 g/mol. The van der Waals surface area contributed by atoms with Gasteiger partial charge in [0.25, 0.3) is 5.91 Å². The van der Waals surface area contributed by atoms with Crippen molar-refractivity contribution in [3.05, 3.63) is 65.7 Å². The maximum atomic E-state index is 14.1. The Morgan fingerprint density at radius 2 is 1.62 bits per heavy atom. The topological polar surface area (TPSA) is 65.0 Å². The summed E-state index contributed by atoms with van der Waals surface area (Å²) in [4.78, 5) is 34.4. The summed E-state index contributed by atoms with van der Waals surface area (Å²) in [6.45, 7) is 0.807. The highest BCUT2D eigenvalue weighted by Crippen LogP contribution is 2.39. The molecule has 3 aliphatic rings. The van der Waals surface area contributed by atoms with Gasteiger partial charge >= 0.3 is 6.03 Å². The smallest absolute Gasteiger partial charge is 0.328 e. The van der Waals surface area contributed by atoms with Crippen LogP contribution in [0.15, 0.2) is 53.5 Å². The average molecular weight is 467 g/mol. The SMILES string of the molecule is O=C(c1ccccc1)N1CCC2(CC1)C(=NC1CCCCC1)NC(=O)N2c1cc(F)cc(F)c1. The molecule has 6 nitrogen and oxygen atoms in total. The summed E-state index contributed by atoms with van der Waals surface area (Å²) in [5.74, 6) is -0.998. The molecule has 8 heteroatoms. The molecule has 1 N–H and O–H groups in total. The molecule has 2 aromatic rings. The Kier molecular flexibility index (Phi) is 6.06. The molecule has 2 heterocycles. The van der Waals surface area contributed by atoms with Crippen LogP contribution in [0.5, 0.6) is 0 Å². The number of urea groups is 1. The predicted molar refractivity (Wildman–Crippen MR) is 126 cm³/mol. The van der Waals surface area contributed by atoms with Gasteiger partial charge in [-0.15, -0.1) is 0 Å². The van der Waals surface area contributed by atoms with Crippen molar-refractivity contribution in [2.45, 2.75) is 56.5 Å². The second-order valence-electron chi connectivity index (χ2n) is 9.35. The fourth-order valence-corrected chi connectivity index (χ4v) is 5.46. The summed E-state index contributed by atoms with van der Waals surface area (Å²) in [5, 5.41) is 2.91. The molecule has 2 saturated heterocycles. The van der Waals surface area contributed by atoms with E-state index >= 15 is 0 Å². The standard InChI is InChI=1S/C26H28F2N4O2/c27-19-15-20(28)17-22(16-19)32-25(34)30-24(29-21-9-5-2-6-10-21)26(32)11-13-31(14-12-26)23(33)18-7-3-1-4-8-18/h1,3-4,7-8,15-17,21H,2,5-6,9-14H2,(H,29,30,34). The highest BCUT2D eigenvalue weighted by molar-refractivity contribution is 6.19. The summed E-state index contributed by atoms with van der Waals surface area (Å²) >= 11 is 0. The van der Waals surface area contributed by atoms with Gasteiger partial charge in [-0.1, -0.05) is 37.5 Å². The van der Waals surface area contributed by atoms with Crippen LogP contribution >= 0.6 is 0 Å². The van der Waals surface area contributed by atoms with Gasteiger partial charge in [0.1, 0.15) is 23.0 Å². The lowest BCUT2D eigenvalue weighted by Crippen LogP contribution is -2.58. The third kappa shape index (κ3) is 4.17. The zero-order valence-corrected chi connectivity index (χ0v) is 19.0. The molecule has 2 aromatic carbocycles. The molecule has 178 valence electrons. The Labute approximate surface area is 197 Å². The van der Waals surface area contributed by atoms with E-state index in [1.165, 1.54) is 23.5 Å². The number of nitrogens with one attached hydrogen (secondary N) is 1. The Morgan fingerprint density at radius 1 is 0.971 bits per heavy atom. The van der Waals surface area contributed by atoms with E-state index in [2.05, 4.69) is 5.32 Å². The molecule has 1 saturated carbocycles. The Morgan fingerprint density at radius 3 is 2.26 bits per heavy atom. The maximum Gasteiger partial charge on any atom is 0.328 e. The van der Waals surface area contributed by atoms with Crippen molar-refractivity contribution >= 4 is 23.5 Å². The molecule has 5 rings (SSSR count). The van der Waals surface area contributed by atoms with E-state index in [4.69, 9.17) is 4.99 Å². The molecule has 0 aromatic heterocycles. The highest BCUT2D eigenvalue weighted by atomic mass is 19.1. The molecular formula is C26H28F2N4O2. The number of amides is 3. The third-order valence-electron chi connectivity index (χ3n) is 7.19. The van der Waals surface area contributed by atoms with Gasteiger partial charge in [0.05, 0.1) is 11.7 Å². The van der Waals surface area contributed by atoms with Gasteiger partial charge in [0, 0.05) is 24.7 Å². The molecule has 3 amide bonds. The van der Waals surface area contributed by atoms with Gasteiger partial charge < -0.3 is 4.90 Å². The summed E-state index contributed by atoms with van der Waals surface area (Å²) < 4.78 is 28.2. The molecule has 0 atom stereocenters.